The zero-order chi connectivity index (χ0) is 17.0. The fraction of sp³-hybridized carbons (Fsp3) is 0.353. The molecule has 0 fully saturated rings. The molecule has 2 rings (SSSR count). The first kappa shape index (κ1) is 17.1. The topological polar surface area (TPSA) is 82.2 Å². The van der Waals surface area contributed by atoms with Gasteiger partial charge in [0.15, 0.2) is 0 Å². The molecule has 23 heavy (non-hydrogen) atoms. The van der Waals surface area contributed by atoms with E-state index in [0.717, 1.165) is 16.5 Å². The number of aliphatic carboxylic acids is 1. The summed E-state index contributed by atoms with van der Waals surface area (Å²) in [6.07, 6.45) is 2.45. The third kappa shape index (κ3) is 4.39. The second kappa shape index (κ2) is 7.37. The number of aromatic nitrogens is 1. The van der Waals surface area contributed by atoms with Gasteiger partial charge < -0.3 is 20.2 Å². The number of nitrogens with one attached hydrogen (secondary N) is 2. The number of hydrogen-bond acceptors (Lipinski definition) is 3. The molecule has 0 amide bonds. The number of benzene rings is 1. The van der Waals surface area contributed by atoms with Crippen LogP contribution in [0.25, 0.3) is 10.9 Å². The minimum absolute atomic E-state index is 0.0325. The number of fused-ring (bicyclic) bond motifs is 1. The van der Waals surface area contributed by atoms with Crippen LogP contribution in [-0.4, -0.2) is 32.9 Å². The number of thiocarbonyl (C=S) groups is 1. The molecule has 0 aliphatic heterocycles. The number of ketones is 1. The monoisotopic (exact) mass is 332 g/mol. The van der Waals surface area contributed by atoms with E-state index in [4.69, 9.17) is 12.2 Å². The van der Waals surface area contributed by atoms with Crippen LogP contribution in [0.2, 0.25) is 0 Å². The summed E-state index contributed by atoms with van der Waals surface area (Å²) in [5, 5.41) is 13.4. The van der Waals surface area contributed by atoms with E-state index in [1.807, 2.05) is 37.4 Å². The van der Waals surface area contributed by atoms with Gasteiger partial charge in [0.05, 0.1) is 4.99 Å². The summed E-state index contributed by atoms with van der Waals surface area (Å²) < 4.78 is 0. The van der Waals surface area contributed by atoms with Gasteiger partial charge in [-0.15, -0.1) is 0 Å². The number of para-hydroxylation sites is 1. The van der Waals surface area contributed by atoms with Crippen molar-refractivity contribution in [2.24, 2.45) is 5.92 Å². The van der Waals surface area contributed by atoms with Crippen molar-refractivity contribution in [2.75, 3.05) is 0 Å². The summed E-state index contributed by atoms with van der Waals surface area (Å²) >= 11 is 5.25. The first-order valence-corrected chi connectivity index (χ1v) is 7.87. The standard InChI is InChI=1S/C17H20N2O3S/c1-10(7-11(2)20)16(23)19-15(17(21)22)8-12-9-18-14-6-4-3-5-13(12)14/h3-6,9-10,15,18H,7-8H2,1-2H3,(H,19,23)(H,21,22)/t10?,15-/m0/s1. The summed E-state index contributed by atoms with van der Waals surface area (Å²) in [6.45, 7) is 3.32. The summed E-state index contributed by atoms with van der Waals surface area (Å²) in [5.74, 6) is -1.11. The van der Waals surface area contributed by atoms with Gasteiger partial charge in [-0.05, 0) is 18.6 Å². The molecule has 0 radical (unpaired) electrons. The van der Waals surface area contributed by atoms with Gasteiger partial charge in [0.25, 0.3) is 0 Å². The van der Waals surface area contributed by atoms with Crippen LogP contribution < -0.4 is 5.32 Å². The molecule has 3 N–H and O–H groups in total. The smallest absolute Gasteiger partial charge is 0.326 e. The number of hydrogen-bond donors (Lipinski definition) is 3. The summed E-state index contributed by atoms with van der Waals surface area (Å²) in [4.78, 5) is 26.3. The van der Waals surface area contributed by atoms with Gasteiger partial charge >= 0.3 is 5.97 Å². The molecule has 0 spiro atoms. The third-order valence-corrected chi connectivity index (χ3v) is 4.27. The molecule has 0 aliphatic rings. The number of rotatable bonds is 7. The molecular formula is C17H20N2O3S. The van der Waals surface area contributed by atoms with Crippen molar-refractivity contribution in [1.29, 1.82) is 0 Å². The Hall–Kier alpha value is -2.21. The largest absolute Gasteiger partial charge is 0.480 e. The average Bonchev–Trinajstić information content (AvgIpc) is 2.89. The predicted molar refractivity (Wildman–Crippen MR) is 93.6 cm³/mol. The Bertz CT molecular complexity index is 738. The fourth-order valence-electron chi connectivity index (χ4n) is 2.56. The average molecular weight is 332 g/mol. The lowest BCUT2D eigenvalue weighted by Gasteiger charge is -2.19. The van der Waals surface area contributed by atoms with Gasteiger partial charge in [-0.1, -0.05) is 37.3 Å². The molecule has 6 heteroatoms. The maximum Gasteiger partial charge on any atom is 0.326 e. The molecule has 1 heterocycles. The maximum atomic E-state index is 11.5. The van der Waals surface area contributed by atoms with E-state index in [-0.39, 0.29) is 11.7 Å². The quantitative estimate of drug-likeness (QED) is 0.679. The van der Waals surface area contributed by atoms with Gasteiger partial charge in [-0.25, -0.2) is 4.79 Å². The summed E-state index contributed by atoms with van der Waals surface area (Å²) in [7, 11) is 0. The van der Waals surface area contributed by atoms with E-state index < -0.39 is 12.0 Å². The van der Waals surface area contributed by atoms with Crippen LogP contribution in [0.15, 0.2) is 30.5 Å². The van der Waals surface area contributed by atoms with E-state index >= 15 is 0 Å². The highest BCUT2D eigenvalue weighted by atomic mass is 32.1. The Morgan fingerprint density at radius 2 is 2.04 bits per heavy atom. The number of Topliss-reactive ketones (excluding diaryl/α,β-unsaturated/α-hetero) is 1. The van der Waals surface area contributed by atoms with Gasteiger partial charge in [-0.3, -0.25) is 0 Å². The van der Waals surface area contributed by atoms with Gasteiger partial charge in [-0.2, -0.15) is 0 Å². The molecule has 0 aliphatic carbocycles. The number of carboxylic acid groups (broad SMARTS) is 1. The number of H-pyrrole nitrogens is 1. The lowest BCUT2D eigenvalue weighted by atomic mass is 10.0. The van der Waals surface area contributed by atoms with Crippen molar-refractivity contribution in [3.8, 4) is 0 Å². The van der Waals surface area contributed by atoms with Crippen LogP contribution in [0, 0.1) is 5.92 Å². The van der Waals surface area contributed by atoms with Crippen LogP contribution in [0.1, 0.15) is 25.8 Å². The fourth-order valence-corrected chi connectivity index (χ4v) is 2.78. The van der Waals surface area contributed by atoms with Crippen molar-refractivity contribution >= 4 is 39.9 Å². The van der Waals surface area contributed by atoms with Crippen molar-refractivity contribution in [1.82, 2.24) is 10.3 Å². The Kier molecular flexibility index (Phi) is 5.50. The molecular weight excluding hydrogens is 312 g/mol. The molecule has 1 aromatic carbocycles. The first-order valence-electron chi connectivity index (χ1n) is 7.46. The lowest BCUT2D eigenvalue weighted by Crippen LogP contribution is -2.43. The SMILES string of the molecule is CC(=O)CC(C)C(=S)N[C@@H](Cc1c[nH]c2ccccc12)C(=O)O. The Labute approximate surface area is 140 Å². The Balaban J connectivity index is 2.11. The highest BCUT2D eigenvalue weighted by Crippen LogP contribution is 2.19. The van der Waals surface area contributed by atoms with Crippen molar-refractivity contribution in [3.05, 3.63) is 36.0 Å². The Morgan fingerprint density at radius 1 is 1.35 bits per heavy atom. The van der Waals surface area contributed by atoms with Crippen molar-refractivity contribution in [2.45, 2.75) is 32.7 Å². The molecule has 0 saturated heterocycles. The Morgan fingerprint density at radius 3 is 2.70 bits per heavy atom. The molecule has 5 nitrogen and oxygen atoms in total. The number of carbonyl (C=O) groups is 2. The second-order valence-electron chi connectivity index (χ2n) is 5.77. The van der Waals surface area contributed by atoms with Crippen molar-refractivity contribution < 1.29 is 14.7 Å². The van der Waals surface area contributed by atoms with E-state index in [1.54, 1.807) is 0 Å². The van der Waals surface area contributed by atoms with Gasteiger partial charge in [0.1, 0.15) is 11.8 Å². The molecule has 1 aromatic heterocycles. The number of carboxylic acids is 1. The minimum atomic E-state index is -0.965. The molecule has 0 bridgehead atoms. The first-order chi connectivity index (χ1) is 10.9. The number of carbonyl (C=O) groups excluding carboxylic acids is 1. The van der Waals surface area contributed by atoms with Crippen LogP contribution in [0.5, 0.6) is 0 Å². The second-order valence-corrected chi connectivity index (χ2v) is 6.21. The summed E-state index contributed by atoms with van der Waals surface area (Å²) in [5.41, 5.74) is 1.89. The van der Waals surface area contributed by atoms with E-state index in [1.165, 1.54) is 6.92 Å². The van der Waals surface area contributed by atoms with Crippen LogP contribution >= 0.6 is 12.2 Å². The number of aromatic amines is 1. The predicted octanol–water partition coefficient (Wildman–Crippen LogP) is 2.70. The maximum absolute atomic E-state index is 11.5. The molecule has 2 aromatic rings. The van der Waals surface area contributed by atoms with E-state index in [2.05, 4.69) is 10.3 Å². The minimum Gasteiger partial charge on any atom is -0.480 e. The third-order valence-electron chi connectivity index (χ3n) is 3.75. The van der Waals surface area contributed by atoms with Gasteiger partial charge in [0.2, 0.25) is 0 Å². The molecule has 2 atom stereocenters. The molecule has 1 unspecified atom stereocenters. The molecule has 122 valence electrons. The van der Waals surface area contributed by atoms with Crippen LogP contribution in [0.4, 0.5) is 0 Å². The zero-order valence-corrected chi connectivity index (χ0v) is 13.9. The van der Waals surface area contributed by atoms with Crippen molar-refractivity contribution in [3.63, 3.8) is 0 Å². The van der Waals surface area contributed by atoms with Crippen LogP contribution in [0.3, 0.4) is 0 Å². The van der Waals surface area contributed by atoms with E-state index in [0.29, 0.717) is 17.8 Å². The highest BCUT2D eigenvalue weighted by molar-refractivity contribution is 7.80. The van der Waals surface area contributed by atoms with Gasteiger partial charge in [0, 0.05) is 35.9 Å². The van der Waals surface area contributed by atoms with Crippen LogP contribution in [-0.2, 0) is 16.0 Å². The molecule has 0 saturated carbocycles. The highest BCUT2D eigenvalue weighted by Gasteiger charge is 2.22. The summed E-state index contributed by atoms with van der Waals surface area (Å²) in [6, 6.07) is 6.92. The lowest BCUT2D eigenvalue weighted by molar-refractivity contribution is -0.139. The van der Waals surface area contributed by atoms with E-state index in [9.17, 15) is 14.7 Å². The normalized spacial score (nSPS) is 13.5. The zero-order valence-electron chi connectivity index (χ0n) is 13.1.